The highest BCUT2D eigenvalue weighted by Crippen LogP contribution is 2.39. The summed E-state index contributed by atoms with van der Waals surface area (Å²) in [6, 6.07) is 21.5. The summed E-state index contributed by atoms with van der Waals surface area (Å²) >= 11 is 14.7. The molecule has 15 nitrogen and oxygen atoms in total. The highest BCUT2D eigenvalue weighted by molar-refractivity contribution is 7.90. The van der Waals surface area contributed by atoms with Gasteiger partial charge in [-0.15, -0.1) is 31.7 Å². The predicted octanol–water partition coefficient (Wildman–Crippen LogP) is 10.4. The first-order valence-corrected chi connectivity index (χ1v) is 24.8. The lowest BCUT2D eigenvalue weighted by Gasteiger charge is -2.13. The minimum Gasteiger partial charge on any atom is -0.496 e. The lowest BCUT2D eigenvalue weighted by molar-refractivity contribution is 0.346. The third-order valence-electron chi connectivity index (χ3n) is 9.66. The molecule has 0 bridgehead atoms. The zero-order valence-electron chi connectivity index (χ0n) is 35.4. The van der Waals surface area contributed by atoms with Gasteiger partial charge in [-0.1, -0.05) is 46.7 Å². The van der Waals surface area contributed by atoms with Crippen LogP contribution in [0.3, 0.4) is 0 Å². The first kappa shape index (κ1) is 50.7. The second kappa shape index (κ2) is 21.2. The van der Waals surface area contributed by atoms with Gasteiger partial charge in [0.1, 0.15) is 44.2 Å². The van der Waals surface area contributed by atoms with Gasteiger partial charge in [0.15, 0.2) is 9.84 Å². The molecule has 358 valence electrons. The van der Waals surface area contributed by atoms with Crippen LogP contribution in [-0.2, 0) is 25.7 Å². The predicted molar refractivity (Wildman–Crippen MR) is 251 cm³/mol. The van der Waals surface area contributed by atoms with E-state index < -0.39 is 59.7 Å². The van der Waals surface area contributed by atoms with Crippen molar-refractivity contribution in [2.24, 2.45) is 0 Å². The van der Waals surface area contributed by atoms with Crippen LogP contribution in [0.5, 0.6) is 17.2 Å². The van der Waals surface area contributed by atoms with Gasteiger partial charge in [0, 0.05) is 45.4 Å². The maximum absolute atomic E-state index is 13.9. The summed E-state index contributed by atoms with van der Waals surface area (Å²) < 4.78 is 134. The minimum atomic E-state index is -5.00. The number of sulfone groups is 1. The molecule has 4 heterocycles. The van der Waals surface area contributed by atoms with Crippen LogP contribution in [-0.4, -0.2) is 61.4 Å². The molecule has 0 amide bonds. The summed E-state index contributed by atoms with van der Waals surface area (Å²) in [5.74, 6) is -13.2. The van der Waals surface area contributed by atoms with Crippen LogP contribution in [0.25, 0.3) is 44.1 Å². The molecular weight excluding hydrogens is 1050 g/mol. The van der Waals surface area contributed by atoms with E-state index in [0.717, 1.165) is 17.5 Å². The minimum absolute atomic E-state index is 0.183. The number of benzene rings is 5. The van der Waals surface area contributed by atoms with Crippen LogP contribution >= 0.6 is 45.9 Å². The fourth-order valence-electron chi connectivity index (χ4n) is 6.45. The number of halogens is 7. The summed E-state index contributed by atoms with van der Waals surface area (Å²) in [6.45, 7) is 0. The third kappa shape index (κ3) is 10.8. The van der Waals surface area contributed by atoms with Crippen LogP contribution < -0.4 is 19.4 Å². The number of methoxy groups -OCH3 is 2. The van der Waals surface area contributed by atoms with Crippen molar-refractivity contribution >= 4 is 92.5 Å². The number of hydrogen-bond donors (Lipinski definition) is 1. The quantitative estimate of drug-likeness (QED) is 0.0582. The Balaban J connectivity index is 0.000000185. The molecule has 0 aliphatic rings. The van der Waals surface area contributed by atoms with Crippen molar-refractivity contribution in [1.82, 2.24) is 30.4 Å². The van der Waals surface area contributed by atoms with Crippen LogP contribution in [0, 0.1) is 40.4 Å². The maximum atomic E-state index is 13.9. The molecule has 0 saturated heterocycles. The molecule has 0 atom stereocenters. The zero-order chi connectivity index (χ0) is 50.5. The Hall–Kier alpha value is -7.14. The molecule has 9 rings (SSSR count). The smallest absolute Gasteiger partial charge is 0.339 e. The fourth-order valence-corrected chi connectivity index (χ4v) is 10.3. The number of nitriles is 1. The van der Waals surface area contributed by atoms with Crippen molar-refractivity contribution in [2.75, 3.05) is 20.0 Å². The second-order valence-electron chi connectivity index (χ2n) is 13.9. The van der Waals surface area contributed by atoms with Crippen LogP contribution in [0.1, 0.15) is 10.6 Å². The number of ether oxygens (including phenoxy) is 2. The largest absolute Gasteiger partial charge is 0.496 e. The Labute approximate surface area is 411 Å². The highest BCUT2D eigenvalue weighted by Gasteiger charge is 2.31. The van der Waals surface area contributed by atoms with E-state index in [9.17, 15) is 44.0 Å². The molecular formula is C44H27Cl2F5N8O7S4. The lowest BCUT2D eigenvalue weighted by atomic mass is 10.0. The molecule has 0 aliphatic carbocycles. The summed E-state index contributed by atoms with van der Waals surface area (Å²) in [7, 11) is -5.63. The first-order valence-electron chi connectivity index (χ1n) is 19.2. The Morgan fingerprint density at radius 1 is 0.671 bits per heavy atom. The summed E-state index contributed by atoms with van der Waals surface area (Å²) in [6.07, 6.45) is 2.96. The molecule has 2 N–H and O–H groups in total. The van der Waals surface area contributed by atoms with Crippen molar-refractivity contribution < 1.29 is 52.4 Å². The van der Waals surface area contributed by atoms with Gasteiger partial charge < -0.3 is 19.4 Å². The number of nitrogens with two attached hydrogens (primary N) is 1. The Morgan fingerprint density at radius 2 is 1.23 bits per heavy atom. The molecule has 26 heteroatoms. The lowest BCUT2D eigenvalue weighted by Crippen LogP contribution is -2.14. The topological polar surface area (TPSA) is 223 Å². The molecule has 0 unspecified atom stereocenters. The second-order valence-corrected chi connectivity index (χ2v) is 20.0. The fraction of sp³-hybridized carbons (Fsp3) is 0.0682. The number of fused-ring (bicyclic) bond motifs is 2. The first-order chi connectivity index (χ1) is 33.4. The molecule has 9 aromatic rings. The number of nitrogens with zero attached hydrogens (tertiary/aromatic N) is 7. The van der Waals surface area contributed by atoms with E-state index in [1.54, 1.807) is 60.2 Å². The molecule has 0 fully saturated rings. The molecule has 0 radical (unpaired) electrons. The number of aromatic nitrogens is 6. The highest BCUT2D eigenvalue weighted by atomic mass is 35.5. The van der Waals surface area contributed by atoms with Gasteiger partial charge in [-0.25, -0.2) is 21.6 Å². The summed E-state index contributed by atoms with van der Waals surface area (Å²) in [4.78, 5) is 8.33. The number of hydrogen-bond acceptors (Lipinski definition) is 17. The number of nitrogen functional groups attached to an aromatic ring is 1. The van der Waals surface area contributed by atoms with Crippen molar-refractivity contribution in [1.29, 1.82) is 5.26 Å². The van der Waals surface area contributed by atoms with E-state index in [0.29, 0.717) is 70.9 Å². The van der Waals surface area contributed by atoms with E-state index in [4.69, 9.17) is 38.4 Å². The zero-order valence-corrected chi connectivity index (χ0v) is 40.1. The Bertz CT molecular complexity index is 3680. The molecule has 0 saturated carbocycles. The Morgan fingerprint density at radius 3 is 1.76 bits per heavy atom. The molecule has 0 aliphatic heterocycles. The summed E-state index contributed by atoms with van der Waals surface area (Å²) in [5, 5.41) is 27.6. The van der Waals surface area contributed by atoms with E-state index in [2.05, 4.69) is 40.6 Å². The number of pyridine rings is 2. The van der Waals surface area contributed by atoms with Crippen molar-refractivity contribution in [3.05, 3.63) is 152 Å². The molecule has 4 aromatic heterocycles. The monoisotopic (exact) mass is 1070 g/mol. The third-order valence-corrected chi connectivity index (χ3v) is 14.5. The molecule has 0 spiro atoms. The van der Waals surface area contributed by atoms with E-state index in [1.807, 2.05) is 0 Å². The van der Waals surface area contributed by atoms with E-state index >= 15 is 0 Å². The van der Waals surface area contributed by atoms with Crippen LogP contribution in [0.4, 0.5) is 27.1 Å². The van der Waals surface area contributed by atoms with Crippen LogP contribution in [0.15, 0.2) is 112 Å². The molecule has 5 aromatic carbocycles. The maximum Gasteiger partial charge on any atom is 0.339 e. The number of anilines is 1. The van der Waals surface area contributed by atoms with Gasteiger partial charge in [-0.05, 0) is 71.4 Å². The van der Waals surface area contributed by atoms with Crippen molar-refractivity contribution in [3.63, 3.8) is 0 Å². The SMILES string of the molecule is COc1cc(Cl)c(C#N)cc1-c1nccc2cc(S(=O)(=O)Cc3nncs3)ccc12.COc1ccc(Cl)cc1-c1nccc2cc(S(=O)(=O)Oc3c(F)c(F)c(F)c(F)c3F)ccc12.Nc1nncs1. The van der Waals surface area contributed by atoms with Gasteiger partial charge in [-0.3, -0.25) is 9.97 Å². The summed E-state index contributed by atoms with van der Waals surface area (Å²) in [5.41, 5.74) is 10.6. The standard InChI is InChI=1S/C22H11ClF5NO4S.C20H13ClN4O3S2.C2H3N3S/c1-32-15-5-2-11(23)9-14(15)21-13-4-3-12(8-10(13)6-7-29-21)34(30,31)33-22-19(27)17(25)16(24)18(26)20(22)28;1-28-18-8-17(21)13(9-22)7-16(18)20-15-3-2-14(6-12(15)4-5-23-20)30(26,27)10-19-25-24-11-29-19;3-2-5-4-1-6-2/h2-9H,1H3;2-8,11H,10H2,1H3;1H,(H2,3,5). The molecule has 70 heavy (non-hydrogen) atoms. The van der Waals surface area contributed by atoms with Crippen molar-refractivity contribution in [2.45, 2.75) is 15.5 Å². The van der Waals surface area contributed by atoms with Gasteiger partial charge in [-0.2, -0.15) is 22.5 Å². The van der Waals surface area contributed by atoms with E-state index in [1.165, 1.54) is 66.8 Å². The normalized spacial score (nSPS) is 11.3. The number of rotatable bonds is 10. The van der Waals surface area contributed by atoms with Crippen molar-refractivity contribution in [3.8, 4) is 45.8 Å². The van der Waals surface area contributed by atoms with Gasteiger partial charge >= 0.3 is 10.1 Å². The van der Waals surface area contributed by atoms with Gasteiger partial charge in [0.25, 0.3) is 0 Å². The Kier molecular flexibility index (Phi) is 15.4. The van der Waals surface area contributed by atoms with Gasteiger partial charge in [0.2, 0.25) is 40.0 Å². The van der Waals surface area contributed by atoms with Crippen LogP contribution in [0.2, 0.25) is 10.0 Å². The average Bonchev–Trinajstić information content (AvgIpc) is 4.07. The van der Waals surface area contributed by atoms with Gasteiger partial charge in [0.05, 0.1) is 41.1 Å². The van der Waals surface area contributed by atoms with E-state index in [-0.39, 0.29) is 15.7 Å². The average molecular weight is 1070 g/mol.